The Balaban J connectivity index is 1.45. The lowest BCUT2D eigenvalue weighted by Gasteiger charge is -2.52. The predicted octanol–water partition coefficient (Wildman–Crippen LogP) is 0.0763. The van der Waals surface area contributed by atoms with Crippen molar-refractivity contribution in [1.82, 2.24) is 15.1 Å². The van der Waals surface area contributed by atoms with Gasteiger partial charge in [0.05, 0.1) is 0 Å². The molecule has 3 rings (SSSR count). The van der Waals surface area contributed by atoms with Crippen LogP contribution in [-0.2, 0) is 0 Å². The molecule has 0 radical (unpaired) electrons. The molecule has 15 heavy (non-hydrogen) atoms. The fraction of sp³-hybridized carbons (Fsp3) is 1.00. The van der Waals surface area contributed by atoms with E-state index in [1.165, 1.54) is 13.1 Å². The number of alkyl halides is 1. The molecule has 4 heteroatoms. The normalized spacial score (nSPS) is 36.2. The molecule has 3 aliphatic rings. The fourth-order valence-corrected chi connectivity index (χ4v) is 2.83. The lowest BCUT2D eigenvalue weighted by Crippen LogP contribution is -2.69. The Labute approximate surface area is 90.6 Å². The molecule has 0 aliphatic carbocycles. The van der Waals surface area contributed by atoms with Crippen molar-refractivity contribution >= 4 is 0 Å². The van der Waals surface area contributed by atoms with E-state index in [0.717, 1.165) is 38.5 Å². The zero-order valence-electron chi connectivity index (χ0n) is 9.16. The summed E-state index contributed by atoms with van der Waals surface area (Å²) in [6, 6.07) is 1.41. The number of nitrogens with one attached hydrogen (secondary N) is 1. The van der Waals surface area contributed by atoms with Gasteiger partial charge in [-0.2, -0.15) is 0 Å². The number of nitrogens with zero attached hydrogens (tertiary/aromatic N) is 2. The van der Waals surface area contributed by atoms with E-state index in [4.69, 9.17) is 0 Å². The van der Waals surface area contributed by atoms with Crippen LogP contribution in [-0.4, -0.2) is 67.3 Å². The van der Waals surface area contributed by atoms with Gasteiger partial charge in [-0.1, -0.05) is 0 Å². The SMILES string of the molecule is F[C@@H]1CCCN(C2CN(C3CNC3)C2)C1. The Hall–Kier alpha value is -0.190. The minimum absolute atomic E-state index is 0.571. The summed E-state index contributed by atoms with van der Waals surface area (Å²) in [5, 5.41) is 3.30. The summed E-state index contributed by atoms with van der Waals surface area (Å²) in [6.07, 6.45) is 1.25. The van der Waals surface area contributed by atoms with Crippen LogP contribution in [0.15, 0.2) is 0 Å². The van der Waals surface area contributed by atoms with E-state index in [2.05, 4.69) is 15.1 Å². The van der Waals surface area contributed by atoms with Gasteiger partial charge in [-0.25, -0.2) is 4.39 Å². The Morgan fingerprint density at radius 1 is 1.00 bits per heavy atom. The second-order valence-corrected chi connectivity index (χ2v) is 5.15. The van der Waals surface area contributed by atoms with Crippen molar-refractivity contribution < 1.29 is 4.39 Å². The van der Waals surface area contributed by atoms with E-state index in [-0.39, 0.29) is 0 Å². The molecule has 0 bridgehead atoms. The zero-order chi connectivity index (χ0) is 10.3. The van der Waals surface area contributed by atoms with Gasteiger partial charge in [0.2, 0.25) is 0 Å². The smallest absolute Gasteiger partial charge is 0.113 e. The first-order valence-electron chi connectivity index (χ1n) is 6.16. The summed E-state index contributed by atoms with van der Waals surface area (Å²) in [4.78, 5) is 4.89. The Morgan fingerprint density at radius 3 is 2.40 bits per heavy atom. The Morgan fingerprint density at radius 2 is 1.80 bits per heavy atom. The van der Waals surface area contributed by atoms with Gasteiger partial charge in [0.15, 0.2) is 0 Å². The largest absolute Gasteiger partial charge is 0.314 e. The number of likely N-dealkylation sites (tertiary alicyclic amines) is 2. The molecule has 1 atom stereocenters. The molecule has 0 saturated carbocycles. The van der Waals surface area contributed by atoms with Gasteiger partial charge in [0.1, 0.15) is 6.17 Å². The fourth-order valence-electron chi connectivity index (χ4n) is 2.83. The highest BCUT2D eigenvalue weighted by Crippen LogP contribution is 2.23. The lowest BCUT2D eigenvalue weighted by atomic mass is 9.98. The van der Waals surface area contributed by atoms with Crippen LogP contribution in [0.25, 0.3) is 0 Å². The standard InChI is InChI=1S/C11H20FN3/c12-9-2-1-3-14(6-9)11-7-15(8-11)10-4-13-5-10/h9-11,13H,1-8H2/t9-/m1/s1. The predicted molar refractivity (Wildman–Crippen MR) is 57.7 cm³/mol. The van der Waals surface area contributed by atoms with Crippen molar-refractivity contribution in [3.63, 3.8) is 0 Å². The van der Waals surface area contributed by atoms with Crippen molar-refractivity contribution in [3.05, 3.63) is 0 Å². The number of rotatable bonds is 2. The van der Waals surface area contributed by atoms with E-state index in [1.807, 2.05) is 0 Å². The van der Waals surface area contributed by atoms with E-state index >= 15 is 0 Å². The van der Waals surface area contributed by atoms with Gasteiger partial charge in [-0.05, 0) is 19.4 Å². The molecule has 3 heterocycles. The third kappa shape index (κ3) is 1.90. The molecular weight excluding hydrogens is 193 g/mol. The van der Waals surface area contributed by atoms with Crippen molar-refractivity contribution in [2.75, 3.05) is 39.3 Å². The maximum atomic E-state index is 13.2. The van der Waals surface area contributed by atoms with Crippen LogP contribution in [0.2, 0.25) is 0 Å². The van der Waals surface area contributed by atoms with Crippen LogP contribution in [0, 0.1) is 0 Å². The number of piperidine rings is 1. The molecule has 0 aromatic carbocycles. The quantitative estimate of drug-likeness (QED) is 0.700. The highest BCUT2D eigenvalue weighted by molar-refractivity contribution is 4.97. The highest BCUT2D eigenvalue weighted by atomic mass is 19.1. The molecule has 0 aromatic heterocycles. The van der Waals surface area contributed by atoms with Crippen LogP contribution >= 0.6 is 0 Å². The van der Waals surface area contributed by atoms with E-state index < -0.39 is 6.17 Å². The molecule has 86 valence electrons. The van der Waals surface area contributed by atoms with Gasteiger partial charge < -0.3 is 5.32 Å². The van der Waals surface area contributed by atoms with Crippen molar-refractivity contribution in [2.24, 2.45) is 0 Å². The summed E-state index contributed by atoms with van der Waals surface area (Å²) < 4.78 is 13.2. The molecule has 3 fully saturated rings. The van der Waals surface area contributed by atoms with Gasteiger partial charge >= 0.3 is 0 Å². The summed E-state index contributed by atoms with van der Waals surface area (Å²) in [5.41, 5.74) is 0. The molecule has 0 amide bonds. The van der Waals surface area contributed by atoms with E-state index in [0.29, 0.717) is 12.6 Å². The topological polar surface area (TPSA) is 18.5 Å². The molecular formula is C11H20FN3. The first kappa shape index (κ1) is 10.00. The Kier molecular flexibility index (Phi) is 2.66. The highest BCUT2D eigenvalue weighted by Gasteiger charge is 2.39. The average molecular weight is 213 g/mol. The Bertz CT molecular complexity index is 226. The zero-order valence-corrected chi connectivity index (χ0v) is 9.16. The molecule has 3 nitrogen and oxygen atoms in total. The number of hydrogen-bond acceptors (Lipinski definition) is 3. The van der Waals surface area contributed by atoms with Gasteiger partial charge in [0, 0.05) is 44.8 Å². The third-order valence-electron chi connectivity index (χ3n) is 4.08. The van der Waals surface area contributed by atoms with Crippen molar-refractivity contribution in [3.8, 4) is 0 Å². The molecule has 0 spiro atoms. The number of halogens is 1. The van der Waals surface area contributed by atoms with Crippen LogP contribution in [0.3, 0.4) is 0 Å². The summed E-state index contributed by atoms with van der Waals surface area (Å²) >= 11 is 0. The molecule has 3 aliphatic heterocycles. The summed E-state index contributed by atoms with van der Waals surface area (Å²) in [6.45, 7) is 6.43. The molecule has 3 saturated heterocycles. The van der Waals surface area contributed by atoms with E-state index in [1.54, 1.807) is 0 Å². The van der Waals surface area contributed by atoms with Gasteiger partial charge in [-0.15, -0.1) is 0 Å². The van der Waals surface area contributed by atoms with Crippen LogP contribution in [0.4, 0.5) is 4.39 Å². The van der Waals surface area contributed by atoms with Gasteiger partial charge in [-0.3, -0.25) is 9.80 Å². The average Bonchev–Trinajstić information content (AvgIpc) is 2.07. The minimum atomic E-state index is -0.571. The monoisotopic (exact) mass is 213 g/mol. The van der Waals surface area contributed by atoms with Gasteiger partial charge in [0.25, 0.3) is 0 Å². The van der Waals surface area contributed by atoms with Crippen molar-refractivity contribution in [2.45, 2.75) is 31.1 Å². The third-order valence-corrected chi connectivity index (χ3v) is 4.08. The molecule has 0 unspecified atom stereocenters. The van der Waals surface area contributed by atoms with Crippen molar-refractivity contribution in [1.29, 1.82) is 0 Å². The summed E-state index contributed by atoms with van der Waals surface area (Å²) in [7, 11) is 0. The second kappa shape index (κ2) is 4.00. The lowest BCUT2D eigenvalue weighted by molar-refractivity contribution is -0.0286. The summed E-state index contributed by atoms with van der Waals surface area (Å²) in [5.74, 6) is 0. The van der Waals surface area contributed by atoms with Crippen LogP contribution in [0.1, 0.15) is 12.8 Å². The van der Waals surface area contributed by atoms with E-state index in [9.17, 15) is 4.39 Å². The maximum absolute atomic E-state index is 13.2. The second-order valence-electron chi connectivity index (χ2n) is 5.15. The molecule has 1 N–H and O–H groups in total. The minimum Gasteiger partial charge on any atom is -0.314 e. The maximum Gasteiger partial charge on any atom is 0.113 e. The first-order valence-corrected chi connectivity index (χ1v) is 6.16. The van der Waals surface area contributed by atoms with Crippen LogP contribution in [0.5, 0.6) is 0 Å². The van der Waals surface area contributed by atoms with Crippen LogP contribution < -0.4 is 5.32 Å². The first-order chi connectivity index (χ1) is 7.33. The molecule has 0 aromatic rings. The number of hydrogen-bond donors (Lipinski definition) is 1.